The summed E-state index contributed by atoms with van der Waals surface area (Å²) in [4.78, 5) is 41.9. The summed E-state index contributed by atoms with van der Waals surface area (Å²) in [6.07, 6.45) is -0.00213. The predicted octanol–water partition coefficient (Wildman–Crippen LogP) is 1.44. The van der Waals surface area contributed by atoms with Crippen LogP contribution in [0.15, 0.2) is 35.1 Å². The molecule has 3 aliphatic heterocycles. The van der Waals surface area contributed by atoms with Gasteiger partial charge in [-0.15, -0.1) is 0 Å². The number of alkyl carbamates (subject to hydrolysis) is 1. The molecular formula is C21H23N3O7. The van der Waals surface area contributed by atoms with E-state index in [0.29, 0.717) is 12.8 Å². The molecule has 0 saturated carbocycles. The molecule has 1 saturated heterocycles. The Morgan fingerprint density at radius 3 is 2.77 bits per heavy atom. The van der Waals surface area contributed by atoms with Gasteiger partial charge in [0.05, 0.1) is 25.9 Å². The number of rotatable bonds is 5. The van der Waals surface area contributed by atoms with Gasteiger partial charge < -0.3 is 24.6 Å². The third-order valence-electron chi connectivity index (χ3n) is 5.44. The van der Waals surface area contributed by atoms with Crippen LogP contribution >= 0.6 is 0 Å². The normalized spacial score (nSPS) is 21.6. The van der Waals surface area contributed by atoms with Crippen molar-refractivity contribution in [2.45, 2.75) is 44.6 Å². The Morgan fingerprint density at radius 2 is 2.10 bits per heavy atom. The van der Waals surface area contributed by atoms with Crippen molar-refractivity contribution >= 4 is 12.1 Å². The van der Waals surface area contributed by atoms with Crippen LogP contribution in [0.25, 0.3) is 0 Å². The molecule has 2 N–H and O–H groups in total. The number of amides is 1. The number of aromatic nitrogens is 2. The number of nitrogens with zero attached hydrogens (tertiary/aromatic N) is 2. The first-order valence-electron chi connectivity index (χ1n) is 10.1. The molecule has 164 valence electrons. The van der Waals surface area contributed by atoms with E-state index in [4.69, 9.17) is 14.2 Å². The van der Waals surface area contributed by atoms with Gasteiger partial charge in [-0.05, 0) is 25.3 Å². The van der Waals surface area contributed by atoms with Crippen LogP contribution in [0.1, 0.15) is 41.6 Å². The van der Waals surface area contributed by atoms with E-state index < -0.39 is 34.6 Å². The summed E-state index contributed by atoms with van der Waals surface area (Å²) >= 11 is 0. The number of benzene rings is 1. The van der Waals surface area contributed by atoms with Gasteiger partial charge in [-0.25, -0.2) is 14.6 Å². The van der Waals surface area contributed by atoms with Gasteiger partial charge in [-0.3, -0.25) is 9.36 Å². The van der Waals surface area contributed by atoms with E-state index >= 15 is 0 Å². The second kappa shape index (κ2) is 8.38. The average molecular weight is 429 g/mol. The molecule has 10 heteroatoms. The van der Waals surface area contributed by atoms with Crippen molar-refractivity contribution in [1.82, 2.24) is 14.9 Å². The van der Waals surface area contributed by atoms with Gasteiger partial charge in [-0.1, -0.05) is 30.3 Å². The maximum absolute atomic E-state index is 12.8. The van der Waals surface area contributed by atoms with Gasteiger partial charge in [-0.2, -0.15) is 0 Å². The Kier molecular flexibility index (Phi) is 5.64. The van der Waals surface area contributed by atoms with Crippen molar-refractivity contribution in [2.75, 3.05) is 13.2 Å². The van der Waals surface area contributed by atoms with Crippen molar-refractivity contribution in [3.05, 3.63) is 57.8 Å². The standard InChI is InChI=1S/C21H23N3O7/c1-2-29-18(27)15-16(25)17(26)24-10-14-8-9-21(12-31-14,19(24)22-15)23-20(28)30-11-13-6-4-3-5-7-13/h3-7,14,25H,2,8-12H2,1H3,(H,23,28). The van der Waals surface area contributed by atoms with Crippen LogP contribution < -0.4 is 10.9 Å². The number of hydrogen-bond acceptors (Lipinski definition) is 8. The third kappa shape index (κ3) is 3.98. The molecule has 1 fully saturated rings. The number of ether oxygens (including phenoxy) is 3. The smallest absolute Gasteiger partial charge is 0.408 e. The third-order valence-corrected chi connectivity index (χ3v) is 5.44. The molecule has 2 aromatic rings. The molecular weight excluding hydrogens is 406 g/mol. The number of fused-ring (bicyclic) bond motifs is 2. The van der Waals surface area contributed by atoms with Crippen LogP contribution in [0.3, 0.4) is 0 Å². The van der Waals surface area contributed by atoms with Crippen LogP contribution in [0, 0.1) is 0 Å². The number of hydrogen-bond donors (Lipinski definition) is 2. The molecule has 2 unspecified atom stereocenters. The lowest BCUT2D eigenvalue weighted by Gasteiger charge is -2.36. The van der Waals surface area contributed by atoms with E-state index in [1.807, 2.05) is 30.3 Å². The zero-order valence-electron chi connectivity index (χ0n) is 17.0. The molecule has 5 rings (SSSR count). The summed E-state index contributed by atoms with van der Waals surface area (Å²) in [6.45, 7) is 1.93. The summed E-state index contributed by atoms with van der Waals surface area (Å²) in [5, 5.41) is 13.1. The largest absolute Gasteiger partial charge is 0.501 e. The Bertz CT molecular complexity index is 1040. The van der Waals surface area contributed by atoms with Gasteiger partial charge in [0, 0.05) is 0 Å². The highest BCUT2D eigenvalue weighted by atomic mass is 16.6. The summed E-state index contributed by atoms with van der Waals surface area (Å²) in [5.74, 6) is -1.57. The van der Waals surface area contributed by atoms with Crippen LogP contribution in [-0.4, -0.2) is 46.0 Å². The number of carbonyl (C=O) groups excluding carboxylic acids is 2. The van der Waals surface area contributed by atoms with Crippen molar-refractivity contribution in [3.63, 3.8) is 0 Å². The molecule has 4 heterocycles. The minimum atomic E-state index is -1.19. The van der Waals surface area contributed by atoms with E-state index in [0.717, 1.165) is 5.56 Å². The Morgan fingerprint density at radius 1 is 1.32 bits per heavy atom. The Hall–Kier alpha value is -3.40. The minimum absolute atomic E-state index is 0.0532. The van der Waals surface area contributed by atoms with Gasteiger partial charge in [0.25, 0.3) is 5.56 Å². The van der Waals surface area contributed by atoms with Crippen molar-refractivity contribution in [3.8, 4) is 5.75 Å². The van der Waals surface area contributed by atoms with E-state index in [-0.39, 0.29) is 38.3 Å². The van der Waals surface area contributed by atoms with Crippen LogP contribution in [0.4, 0.5) is 4.79 Å². The lowest BCUT2D eigenvalue weighted by molar-refractivity contribution is -0.0352. The molecule has 1 amide bonds. The number of aromatic hydroxyl groups is 1. The predicted molar refractivity (Wildman–Crippen MR) is 107 cm³/mol. The van der Waals surface area contributed by atoms with Gasteiger partial charge in [0.2, 0.25) is 5.75 Å². The monoisotopic (exact) mass is 429 g/mol. The molecule has 31 heavy (non-hydrogen) atoms. The Labute approximate surface area is 177 Å². The van der Waals surface area contributed by atoms with Crippen molar-refractivity contribution in [1.29, 1.82) is 0 Å². The molecule has 0 radical (unpaired) electrons. The second-order valence-corrected chi connectivity index (χ2v) is 7.51. The zero-order valence-corrected chi connectivity index (χ0v) is 17.0. The molecule has 3 aliphatic rings. The first-order chi connectivity index (χ1) is 14.9. The molecule has 0 aliphatic carbocycles. The van der Waals surface area contributed by atoms with Gasteiger partial charge in [0.1, 0.15) is 18.0 Å². The molecule has 2 bridgehead atoms. The first-order valence-corrected chi connectivity index (χ1v) is 10.1. The fourth-order valence-corrected chi connectivity index (χ4v) is 3.88. The van der Waals surface area contributed by atoms with Crippen molar-refractivity contribution in [2.24, 2.45) is 0 Å². The van der Waals surface area contributed by atoms with E-state index in [2.05, 4.69) is 10.3 Å². The second-order valence-electron chi connectivity index (χ2n) is 7.51. The van der Waals surface area contributed by atoms with Crippen LogP contribution in [0.2, 0.25) is 0 Å². The highest BCUT2D eigenvalue weighted by Gasteiger charge is 2.47. The maximum atomic E-state index is 12.8. The fourth-order valence-electron chi connectivity index (χ4n) is 3.88. The topological polar surface area (TPSA) is 129 Å². The maximum Gasteiger partial charge on any atom is 0.408 e. The highest BCUT2D eigenvalue weighted by molar-refractivity contribution is 5.90. The molecule has 0 spiro atoms. The van der Waals surface area contributed by atoms with E-state index in [9.17, 15) is 19.5 Å². The van der Waals surface area contributed by atoms with Crippen LogP contribution in [-0.2, 0) is 32.9 Å². The molecule has 1 aromatic heterocycles. The minimum Gasteiger partial charge on any atom is -0.501 e. The van der Waals surface area contributed by atoms with Crippen LogP contribution in [0.5, 0.6) is 5.75 Å². The first kappa shape index (κ1) is 20.9. The molecule has 1 aromatic carbocycles. The van der Waals surface area contributed by atoms with E-state index in [1.54, 1.807) is 6.92 Å². The molecule has 2 atom stereocenters. The molecule has 10 nitrogen and oxygen atoms in total. The highest BCUT2D eigenvalue weighted by Crippen LogP contribution is 2.36. The van der Waals surface area contributed by atoms with Gasteiger partial charge in [0.15, 0.2) is 5.69 Å². The van der Waals surface area contributed by atoms with E-state index in [1.165, 1.54) is 4.57 Å². The average Bonchev–Trinajstić information content (AvgIpc) is 3.02. The number of esters is 1. The zero-order chi connectivity index (χ0) is 22.0. The number of nitrogens with one attached hydrogen (secondary N) is 1. The summed E-state index contributed by atoms with van der Waals surface area (Å²) in [6, 6.07) is 9.20. The fraction of sp³-hybridized carbons (Fsp3) is 0.429. The Balaban J connectivity index is 1.67. The lowest BCUT2D eigenvalue weighted by atomic mass is 9.90. The van der Waals surface area contributed by atoms with Crippen molar-refractivity contribution < 1.29 is 28.9 Å². The quantitative estimate of drug-likeness (QED) is 0.683. The summed E-state index contributed by atoms with van der Waals surface area (Å²) in [7, 11) is 0. The lowest BCUT2D eigenvalue weighted by Crippen LogP contribution is -2.53. The van der Waals surface area contributed by atoms with Gasteiger partial charge >= 0.3 is 12.1 Å². The number of carbonyl (C=O) groups is 2. The SMILES string of the molecule is CCOC(=O)c1nc2n(c(=O)c1O)CC1CCC2(NC(=O)OCc2ccccc2)CO1. The summed E-state index contributed by atoms with van der Waals surface area (Å²) < 4.78 is 17.3. The summed E-state index contributed by atoms with van der Waals surface area (Å²) in [5.41, 5.74) is -1.63.